The van der Waals surface area contributed by atoms with Gasteiger partial charge in [-0.1, -0.05) is 11.6 Å². The summed E-state index contributed by atoms with van der Waals surface area (Å²) in [7, 11) is 4.45. The largest absolute Gasteiger partial charge is 0.495 e. The van der Waals surface area contributed by atoms with Gasteiger partial charge in [0.05, 0.1) is 27.9 Å². The van der Waals surface area contributed by atoms with E-state index in [4.69, 9.17) is 25.8 Å². The highest BCUT2D eigenvalue weighted by Crippen LogP contribution is 2.44. The van der Waals surface area contributed by atoms with Crippen LogP contribution in [0.4, 0.5) is 0 Å². The van der Waals surface area contributed by atoms with Gasteiger partial charge in [0.2, 0.25) is 6.08 Å². The molecule has 1 aromatic rings. The second-order valence-electron chi connectivity index (χ2n) is 3.03. The highest BCUT2D eigenvalue weighted by atomic mass is 35.5. The van der Waals surface area contributed by atoms with Gasteiger partial charge >= 0.3 is 0 Å². The summed E-state index contributed by atoms with van der Waals surface area (Å²) in [5.74, 6) is 1.24. The van der Waals surface area contributed by atoms with E-state index in [-0.39, 0.29) is 11.6 Å². The third-order valence-corrected chi connectivity index (χ3v) is 2.50. The molecular formula is C11H12ClNO4. The highest BCUT2D eigenvalue weighted by molar-refractivity contribution is 6.34. The summed E-state index contributed by atoms with van der Waals surface area (Å²) in [6, 6.07) is 1.66. The van der Waals surface area contributed by atoms with E-state index < -0.39 is 0 Å². The van der Waals surface area contributed by atoms with Crippen LogP contribution in [0.1, 0.15) is 5.56 Å². The second kappa shape index (κ2) is 6.13. The van der Waals surface area contributed by atoms with Gasteiger partial charge in [0.1, 0.15) is 10.8 Å². The molecule has 6 heteroatoms. The fourth-order valence-electron chi connectivity index (χ4n) is 1.44. The maximum Gasteiger partial charge on any atom is 0.235 e. The van der Waals surface area contributed by atoms with E-state index in [0.717, 1.165) is 0 Å². The van der Waals surface area contributed by atoms with Gasteiger partial charge in [0.25, 0.3) is 0 Å². The van der Waals surface area contributed by atoms with Gasteiger partial charge in [0, 0.05) is 5.56 Å². The number of hydrogen-bond donors (Lipinski definition) is 0. The predicted molar refractivity (Wildman–Crippen MR) is 62.9 cm³/mol. The number of ether oxygens (including phenoxy) is 3. The zero-order valence-electron chi connectivity index (χ0n) is 9.74. The first-order chi connectivity index (χ1) is 8.19. The van der Waals surface area contributed by atoms with Crippen molar-refractivity contribution in [1.82, 2.24) is 0 Å². The molecule has 0 unspecified atom stereocenters. The SMILES string of the molecule is COc1cc(CN=C=O)c(OC)c(Cl)c1OC. The second-order valence-corrected chi connectivity index (χ2v) is 3.40. The maximum absolute atomic E-state index is 10.1. The Morgan fingerprint density at radius 3 is 2.35 bits per heavy atom. The van der Waals surface area contributed by atoms with Crippen LogP contribution in [0.3, 0.4) is 0 Å². The normalized spacial score (nSPS) is 9.41. The van der Waals surface area contributed by atoms with E-state index >= 15 is 0 Å². The van der Waals surface area contributed by atoms with Crippen LogP contribution in [0.25, 0.3) is 0 Å². The number of aliphatic imine (C=N–C) groups is 1. The van der Waals surface area contributed by atoms with Gasteiger partial charge in [-0.05, 0) is 6.07 Å². The van der Waals surface area contributed by atoms with E-state index in [0.29, 0.717) is 22.8 Å². The average Bonchev–Trinajstić information content (AvgIpc) is 2.35. The Morgan fingerprint density at radius 2 is 1.88 bits per heavy atom. The standard InChI is InChI=1S/C11H12ClNO4/c1-15-8-4-7(5-13-6-14)10(16-2)9(12)11(8)17-3/h4H,5H2,1-3H3. The van der Waals surface area contributed by atoms with E-state index in [1.54, 1.807) is 6.07 Å². The molecule has 17 heavy (non-hydrogen) atoms. The third-order valence-electron chi connectivity index (χ3n) is 2.16. The number of halogens is 1. The minimum Gasteiger partial charge on any atom is -0.495 e. The molecule has 0 spiro atoms. The number of nitrogens with zero attached hydrogens (tertiary/aromatic N) is 1. The third kappa shape index (κ3) is 2.70. The van der Waals surface area contributed by atoms with Gasteiger partial charge in [-0.2, -0.15) is 0 Å². The van der Waals surface area contributed by atoms with E-state index in [2.05, 4.69) is 4.99 Å². The number of carbonyl (C=O) groups excluding carboxylic acids is 1. The van der Waals surface area contributed by atoms with Crippen molar-refractivity contribution in [3.8, 4) is 17.2 Å². The van der Waals surface area contributed by atoms with Gasteiger partial charge in [-0.15, -0.1) is 0 Å². The van der Waals surface area contributed by atoms with Crippen LogP contribution in [0.2, 0.25) is 5.02 Å². The van der Waals surface area contributed by atoms with Crippen LogP contribution in [0.5, 0.6) is 17.2 Å². The molecule has 0 saturated heterocycles. The van der Waals surface area contributed by atoms with E-state index in [1.165, 1.54) is 27.4 Å². The molecule has 0 radical (unpaired) electrons. The maximum atomic E-state index is 10.1. The number of benzene rings is 1. The molecule has 92 valence electrons. The Hall–Kier alpha value is -1.71. The van der Waals surface area contributed by atoms with Crippen molar-refractivity contribution in [3.63, 3.8) is 0 Å². The van der Waals surface area contributed by atoms with Crippen LogP contribution in [0, 0.1) is 0 Å². The lowest BCUT2D eigenvalue weighted by atomic mass is 10.1. The lowest BCUT2D eigenvalue weighted by Gasteiger charge is -2.15. The van der Waals surface area contributed by atoms with Gasteiger partial charge < -0.3 is 14.2 Å². The number of methoxy groups -OCH3 is 3. The molecule has 0 atom stereocenters. The first-order valence-electron chi connectivity index (χ1n) is 4.70. The summed E-state index contributed by atoms with van der Waals surface area (Å²) >= 11 is 6.11. The van der Waals surface area contributed by atoms with Crippen molar-refractivity contribution in [1.29, 1.82) is 0 Å². The van der Waals surface area contributed by atoms with Crippen molar-refractivity contribution >= 4 is 17.7 Å². The van der Waals surface area contributed by atoms with Gasteiger partial charge in [0.15, 0.2) is 11.5 Å². The van der Waals surface area contributed by atoms with Crippen LogP contribution < -0.4 is 14.2 Å². The molecule has 0 fully saturated rings. The Labute approximate surface area is 104 Å². The van der Waals surface area contributed by atoms with Crippen LogP contribution in [-0.2, 0) is 11.3 Å². The topological polar surface area (TPSA) is 57.1 Å². The molecule has 1 aromatic carbocycles. The van der Waals surface area contributed by atoms with E-state index in [9.17, 15) is 4.79 Å². The average molecular weight is 258 g/mol. The summed E-state index contributed by atoms with van der Waals surface area (Å²) in [6.45, 7) is 0.118. The fourth-order valence-corrected chi connectivity index (χ4v) is 1.81. The molecule has 0 heterocycles. The Morgan fingerprint density at radius 1 is 1.24 bits per heavy atom. The van der Waals surface area contributed by atoms with Gasteiger partial charge in [-0.3, -0.25) is 0 Å². The minimum absolute atomic E-state index is 0.118. The van der Waals surface area contributed by atoms with Crippen LogP contribution >= 0.6 is 11.6 Å². The van der Waals surface area contributed by atoms with Crippen molar-refractivity contribution in [3.05, 3.63) is 16.7 Å². The van der Waals surface area contributed by atoms with Crippen molar-refractivity contribution < 1.29 is 19.0 Å². The lowest BCUT2D eigenvalue weighted by Crippen LogP contribution is -1.98. The molecule has 0 aliphatic heterocycles. The summed E-state index contributed by atoms with van der Waals surface area (Å²) in [6.07, 6.45) is 1.46. The minimum atomic E-state index is 0.118. The summed E-state index contributed by atoms with van der Waals surface area (Å²) < 4.78 is 15.4. The van der Waals surface area contributed by atoms with Gasteiger partial charge in [-0.25, -0.2) is 9.79 Å². The molecule has 0 amide bonds. The Balaban J connectivity index is 3.38. The summed E-state index contributed by atoms with van der Waals surface area (Å²) in [5, 5.41) is 0.283. The Bertz CT molecular complexity index is 455. The molecular weight excluding hydrogens is 246 g/mol. The molecule has 0 aliphatic carbocycles. The van der Waals surface area contributed by atoms with Crippen LogP contribution in [0.15, 0.2) is 11.1 Å². The zero-order chi connectivity index (χ0) is 12.8. The molecule has 0 aromatic heterocycles. The predicted octanol–water partition coefficient (Wildman–Crippen LogP) is 2.20. The lowest BCUT2D eigenvalue weighted by molar-refractivity contribution is 0.348. The molecule has 1 rings (SSSR count). The quantitative estimate of drug-likeness (QED) is 0.599. The molecule has 0 saturated carbocycles. The number of rotatable bonds is 5. The summed E-state index contributed by atoms with van der Waals surface area (Å²) in [4.78, 5) is 13.6. The zero-order valence-corrected chi connectivity index (χ0v) is 10.5. The molecule has 0 aliphatic rings. The first-order valence-corrected chi connectivity index (χ1v) is 5.08. The monoisotopic (exact) mass is 257 g/mol. The first kappa shape index (κ1) is 13.4. The van der Waals surface area contributed by atoms with E-state index in [1.807, 2.05) is 0 Å². The van der Waals surface area contributed by atoms with Crippen molar-refractivity contribution in [2.45, 2.75) is 6.54 Å². The molecule has 5 nitrogen and oxygen atoms in total. The molecule has 0 bridgehead atoms. The number of isocyanates is 1. The van der Waals surface area contributed by atoms with Crippen LogP contribution in [-0.4, -0.2) is 27.4 Å². The Kier molecular flexibility index (Phi) is 4.82. The highest BCUT2D eigenvalue weighted by Gasteiger charge is 2.18. The van der Waals surface area contributed by atoms with Crippen molar-refractivity contribution in [2.75, 3.05) is 21.3 Å². The number of hydrogen-bond acceptors (Lipinski definition) is 5. The smallest absolute Gasteiger partial charge is 0.235 e. The molecule has 0 N–H and O–H groups in total. The van der Waals surface area contributed by atoms with Crippen molar-refractivity contribution in [2.24, 2.45) is 4.99 Å². The summed E-state index contributed by atoms with van der Waals surface area (Å²) in [5.41, 5.74) is 0.624. The fraction of sp³-hybridized carbons (Fsp3) is 0.364.